The lowest BCUT2D eigenvalue weighted by atomic mass is 9.81. The minimum Gasteiger partial charge on any atom is -0.479 e. The molecular weight excluding hydrogens is 324 g/mol. The minimum atomic E-state index is -1.20. The average molecular weight is 344 g/mol. The summed E-state index contributed by atoms with van der Waals surface area (Å²) in [5, 5.41) is 0. The number of ether oxygens (including phenoxy) is 3. The summed E-state index contributed by atoms with van der Waals surface area (Å²) in [6, 6.07) is 0. The Morgan fingerprint density at radius 1 is 1.36 bits per heavy atom. The Bertz CT molecular complexity index is 758. The number of ketones is 1. The van der Waals surface area contributed by atoms with Crippen molar-refractivity contribution in [1.82, 2.24) is 0 Å². The van der Waals surface area contributed by atoms with Crippen LogP contribution in [0.4, 0.5) is 0 Å². The van der Waals surface area contributed by atoms with Crippen molar-refractivity contribution in [3.05, 3.63) is 48.3 Å². The number of fused-ring (bicyclic) bond motifs is 3. The maximum absolute atomic E-state index is 12.4. The van der Waals surface area contributed by atoms with Crippen LogP contribution in [0.1, 0.15) is 26.7 Å². The summed E-state index contributed by atoms with van der Waals surface area (Å²) < 4.78 is 16.8. The SMILES string of the molecule is C=C(C)C(=O)O[C@@H]1C[C@@]2(C)OC(=CC2=O)C(=C)C[C@H]2OC(=O)C(=C)[C@@H]12. The molecule has 0 aromatic heterocycles. The maximum atomic E-state index is 12.4. The first kappa shape index (κ1) is 17.2. The zero-order chi connectivity index (χ0) is 18.5. The summed E-state index contributed by atoms with van der Waals surface area (Å²) in [5.41, 5.74) is -0.195. The lowest BCUT2D eigenvalue weighted by Crippen LogP contribution is -2.43. The third kappa shape index (κ3) is 2.81. The molecule has 0 saturated carbocycles. The van der Waals surface area contributed by atoms with Gasteiger partial charge in [-0.3, -0.25) is 4.79 Å². The quantitative estimate of drug-likeness (QED) is 0.564. The third-order valence-corrected chi connectivity index (χ3v) is 4.84. The van der Waals surface area contributed by atoms with E-state index in [4.69, 9.17) is 14.2 Å². The molecule has 6 heteroatoms. The molecule has 3 aliphatic rings. The van der Waals surface area contributed by atoms with E-state index in [9.17, 15) is 14.4 Å². The van der Waals surface area contributed by atoms with Crippen molar-refractivity contribution < 1.29 is 28.6 Å². The van der Waals surface area contributed by atoms with Gasteiger partial charge in [0.1, 0.15) is 18.0 Å². The number of hydrogen-bond donors (Lipinski definition) is 0. The zero-order valence-corrected chi connectivity index (χ0v) is 14.3. The molecular formula is C19H20O6. The van der Waals surface area contributed by atoms with Gasteiger partial charge in [-0.2, -0.15) is 0 Å². The van der Waals surface area contributed by atoms with Crippen molar-refractivity contribution in [2.45, 2.75) is 44.5 Å². The molecule has 2 fully saturated rings. The first-order valence-corrected chi connectivity index (χ1v) is 8.02. The smallest absolute Gasteiger partial charge is 0.334 e. The molecule has 3 rings (SSSR count). The number of hydrogen-bond acceptors (Lipinski definition) is 6. The van der Waals surface area contributed by atoms with Gasteiger partial charge in [-0.25, -0.2) is 9.59 Å². The zero-order valence-electron chi connectivity index (χ0n) is 14.3. The van der Waals surface area contributed by atoms with Gasteiger partial charge in [-0.1, -0.05) is 19.7 Å². The summed E-state index contributed by atoms with van der Waals surface area (Å²) in [6.45, 7) is 14.5. The van der Waals surface area contributed by atoms with Gasteiger partial charge in [0, 0.05) is 30.1 Å². The van der Waals surface area contributed by atoms with E-state index in [-0.39, 0.29) is 29.8 Å². The predicted octanol–water partition coefficient (Wildman–Crippen LogP) is 2.16. The summed E-state index contributed by atoms with van der Waals surface area (Å²) >= 11 is 0. The standard InChI is InChI=1S/C19H20O6/c1-9(2)17(21)24-14-8-19(5)15(20)7-12(25-19)10(3)6-13-16(14)11(4)18(22)23-13/h7,13-14,16H,1,3-4,6,8H2,2,5H3/t13-,14-,16-,19-/m1/s1. The largest absolute Gasteiger partial charge is 0.479 e. The lowest BCUT2D eigenvalue weighted by molar-refractivity contribution is -0.153. The first-order valence-electron chi connectivity index (χ1n) is 8.02. The molecule has 6 nitrogen and oxygen atoms in total. The minimum absolute atomic E-state index is 0.0783. The Kier molecular flexibility index (Phi) is 3.94. The molecule has 25 heavy (non-hydrogen) atoms. The molecule has 0 amide bonds. The molecule has 0 radical (unpaired) electrons. The number of rotatable bonds is 2. The molecule has 4 atom stereocenters. The molecule has 2 saturated heterocycles. The Hall–Kier alpha value is -2.63. The molecule has 0 spiro atoms. The van der Waals surface area contributed by atoms with E-state index in [2.05, 4.69) is 19.7 Å². The molecule has 0 aromatic carbocycles. The molecule has 3 heterocycles. The Labute approximate surface area is 145 Å². The highest BCUT2D eigenvalue weighted by Gasteiger charge is 2.52. The van der Waals surface area contributed by atoms with Crippen molar-refractivity contribution >= 4 is 17.7 Å². The monoisotopic (exact) mass is 344 g/mol. The van der Waals surface area contributed by atoms with Gasteiger partial charge in [-0.05, 0) is 19.4 Å². The molecule has 3 aliphatic heterocycles. The Balaban J connectivity index is 2.03. The number of carbonyl (C=O) groups is 3. The van der Waals surface area contributed by atoms with E-state index in [1.54, 1.807) is 6.92 Å². The van der Waals surface area contributed by atoms with Gasteiger partial charge in [-0.15, -0.1) is 0 Å². The highest BCUT2D eigenvalue weighted by molar-refractivity contribution is 6.00. The van der Waals surface area contributed by atoms with Crippen molar-refractivity contribution in [3.8, 4) is 0 Å². The third-order valence-electron chi connectivity index (χ3n) is 4.84. The van der Waals surface area contributed by atoms with Gasteiger partial charge in [0.2, 0.25) is 5.78 Å². The molecule has 0 unspecified atom stereocenters. The molecule has 132 valence electrons. The van der Waals surface area contributed by atoms with E-state index in [0.717, 1.165) is 0 Å². The average Bonchev–Trinajstić information content (AvgIpc) is 2.96. The first-order chi connectivity index (χ1) is 11.6. The fourth-order valence-electron chi connectivity index (χ4n) is 3.40. The van der Waals surface area contributed by atoms with Crippen LogP contribution in [-0.4, -0.2) is 35.5 Å². The Morgan fingerprint density at radius 2 is 2.04 bits per heavy atom. The second kappa shape index (κ2) is 5.72. The van der Waals surface area contributed by atoms with Crippen LogP contribution in [0.2, 0.25) is 0 Å². The van der Waals surface area contributed by atoms with Crippen molar-refractivity contribution in [1.29, 1.82) is 0 Å². The lowest BCUT2D eigenvalue weighted by Gasteiger charge is -2.31. The van der Waals surface area contributed by atoms with Crippen LogP contribution in [0.5, 0.6) is 0 Å². The van der Waals surface area contributed by atoms with Crippen LogP contribution in [0.25, 0.3) is 0 Å². The number of allylic oxidation sites excluding steroid dienone is 1. The van der Waals surface area contributed by atoms with Crippen molar-refractivity contribution in [3.63, 3.8) is 0 Å². The van der Waals surface area contributed by atoms with Crippen LogP contribution in [0.3, 0.4) is 0 Å². The van der Waals surface area contributed by atoms with E-state index >= 15 is 0 Å². The molecule has 0 aliphatic carbocycles. The maximum Gasteiger partial charge on any atom is 0.334 e. The fourth-order valence-corrected chi connectivity index (χ4v) is 3.40. The van der Waals surface area contributed by atoms with E-state index in [0.29, 0.717) is 11.3 Å². The topological polar surface area (TPSA) is 78.9 Å². The Morgan fingerprint density at radius 3 is 2.68 bits per heavy atom. The van der Waals surface area contributed by atoms with Gasteiger partial charge in [0.15, 0.2) is 5.60 Å². The van der Waals surface area contributed by atoms with Crippen molar-refractivity contribution in [2.75, 3.05) is 0 Å². The van der Waals surface area contributed by atoms with E-state index in [1.165, 1.54) is 13.0 Å². The van der Waals surface area contributed by atoms with Crippen LogP contribution < -0.4 is 0 Å². The molecule has 2 bridgehead atoms. The normalized spacial score (nSPS) is 34.2. The second-order valence-corrected chi connectivity index (χ2v) is 6.94. The summed E-state index contributed by atoms with van der Waals surface area (Å²) in [6.07, 6.45) is 0.366. The fraction of sp³-hybridized carbons (Fsp3) is 0.421. The van der Waals surface area contributed by atoms with Gasteiger partial charge >= 0.3 is 11.9 Å². The van der Waals surface area contributed by atoms with Crippen LogP contribution in [-0.2, 0) is 28.6 Å². The van der Waals surface area contributed by atoms with E-state index < -0.39 is 35.7 Å². The number of esters is 2. The molecule has 0 aromatic rings. The van der Waals surface area contributed by atoms with Crippen LogP contribution in [0, 0.1) is 5.92 Å². The summed E-state index contributed by atoms with van der Waals surface area (Å²) in [5.74, 6) is -1.54. The van der Waals surface area contributed by atoms with Crippen LogP contribution >= 0.6 is 0 Å². The van der Waals surface area contributed by atoms with Crippen molar-refractivity contribution in [2.24, 2.45) is 5.92 Å². The van der Waals surface area contributed by atoms with Crippen LogP contribution in [0.15, 0.2) is 48.3 Å². The van der Waals surface area contributed by atoms with E-state index in [1.807, 2.05) is 0 Å². The van der Waals surface area contributed by atoms with Gasteiger partial charge in [0.25, 0.3) is 0 Å². The highest BCUT2D eigenvalue weighted by Crippen LogP contribution is 2.44. The summed E-state index contributed by atoms with van der Waals surface area (Å²) in [4.78, 5) is 36.5. The highest BCUT2D eigenvalue weighted by atomic mass is 16.6. The predicted molar refractivity (Wildman–Crippen MR) is 88.2 cm³/mol. The number of carbonyl (C=O) groups excluding carboxylic acids is 3. The van der Waals surface area contributed by atoms with Gasteiger partial charge in [0.05, 0.1) is 5.92 Å². The second-order valence-electron chi connectivity index (χ2n) is 6.94. The molecule has 0 N–H and O–H groups in total. The van der Waals surface area contributed by atoms with Gasteiger partial charge < -0.3 is 14.2 Å². The summed E-state index contributed by atoms with van der Waals surface area (Å²) in [7, 11) is 0.